The number of aromatic nitrogens is 3. The molecule has 0 bridgehead atoms. The maximum absolute atomic E-state index is 11.3. The molecule has 0 radical (unpaired) electrons. The monoisotopic (exact) mass is 310 g/mol. The Morgan fingerprint density at radius 1 is 1.38 bits per heavy atom. The molecule has 0 fully saturated rings. The number of H-pyrrole nitrogens is 1. The lowest BCUT2D eigenvalue weighted by Gasteiger charge is -2.11. The van der Waals surface area contributed by atoms with Gasteiger partial charge in [-0.2, -0.15) is 15.4 Å². The summed E-state index contributed by atoms with van der Waals surface area (Å²) < 4.78 is 10.9. The van der Waals surface area contributed by atoms with E-state index in [-0.39, 0.29) is 5.69 Å². The molecule has 1 amide bonds. The second-order valence-electron chi connectivity index (χ2n) is 4.14. The number of nitrogens with two attached hydrogens (primary N) is 1. The molecule has 1 aromatic heterocycles. The number of methoxy groups -OCH3 is 1. The van der Waals surface area contributed by atoms with Gasteiger partial charge in [0.1, 0.15) is 5.69 Å². The molecule has 2 rings (SSSR count). The summed E-state index contributed by atoms with van der Waals surface area (Å²) in [5.41, 5.74) is 6.35. The number of alkyl halides is 1. The maximum atomic E-state index is 11.3. The van der Waals surface area contributed by atoms with E-state index >= 15 is 0 Å². The Hall–Kier alpha value is -2.28. The van der Waals surface area contributed by atoms with Crippen molar-refractivity contribution in [3.05, 3.63) is 23.9 Å². The lowest BCUT2D eigenvalue weighted by Crippen LogP contribution is -2.12. The maximum Gasteiger partial charge on any atom is 0.271 e. The molecule has 21 heavy (non-hydrogen) atoms. The van der Waals surface area contributed by atoms with Crippen LogP contribution in [0, 0.1) is 0 Å². The molecule has 1 aromatic carbocycles. The van der Waals surface area contributed by atoms with Gasteiger partial charge in [-0.05, 0) is 24.6 Å². The number of ether oxygens (including phenoxy) is 2. The molecule has 7 nitrogen and oxygen atoms in total. The first-order valence-electron chi connectivity index (χ1n) is 6.25. The quantitative estimate of drug-likeness (QED) is 0.597. The summed E-state index contributed by atoms with van der Waals surface area (Å²) in [4.78, 5) is 11.3. The van der Waals surface area contributed by atoms with E-state index in [1.807, 2.05) is 0 Å². The smallest absolute Gasteiger partial charge is 0.271 e. The van der Waals surface area contributed by atoms with E-state index in [4.69, 9.17) is 26.8 Å². The van der Waals surface area contributed by atoms with Gasteiger partial charge in [0.2, 0.25) is 0 Å². The number of nitrogens with zero attached hydrogens (tertiary/aromatic N) is 2. The fourth-order valence-electron chi connectivity index (χ4n) is 1.78. The zero-order valence-corrected chi connectivity index (χ0v) is 12.2. The predicted molar refractivity (Wildman–Crippen MR) is 77.7 cm³/mol. The molecule has 2 aromatic rings. The standard InChI is InChI=1S/C13H15ClN4O3/c1-20-9-4-3-8(7-10(9)21-6-2-5-14)11-12(13(15)19)17-18-16-11/h3-4,7H,2,5-6H2,1H3,(H2,15,19)(H,16,17,18). The van der Waals surface area contributed by atoms with Crippen LogP contribution in [0.15, 0.2) is 18.2 Å². The van der Waals surface area contributed by atoms with E-state index in [1.54, 1.807) is 25.3 Å². The number of rotatable bonds is 7. The molecular weight excluding hydrogens is 296 g/mol. The van der Waals surface area contributed by atoms with Crippen molar-refractivity contribution in [2.24, 2.45) is 5.73 Å². The number of halogens is 1. The van der Waals surface area contributed by atoms with Crippen molar-refractivity contribution in [2.75, 3.05) is 19.6 Å². The number of nitrogens with one attached hydrogen (secondary N) is 1. The van der Waals surface area contributed by atoms with Gasteiger partial charge in [-0.1, -0.05) is 0 Å². The second kappa shape index (κ2) is 6.94. The summed E-state index contributed by atoms with van der Waals surface area (Å²) in [6, 6.07) is 5.19. The van der Waals surface area contributed by atoms with Gasteiger partial charge in [0.15, 0.2) is 17.2 Å². The average Bonchev–Trinajstić information content (AvgIpc) is 2.97. The van der Waals surface area contributed by atoms with Crippen molar-refractivity contribution in [1.82, 2.24) is 15.4 Å². The molecule has 3 N–H and O–H groups in total. The number of benzene rings is 1. The summed E-state index contributed by atoms with van der Waals surface area (Å²) >= 11 is 5.62. The zero-order chi connectivity index (χ0) is 15.2. The van der Waals surface area contributed by atoms with E-state index in [0.29, 0.717) is 41.7 Å². The third kappa shape index (κ3) is 3.43. The third-order valence-electron chi connectivity index (χ3n) is 2.75. The van der Waals surface area contributed by atoms with E-state index in [0.717, 1.165) is 0 Å². The van der Waals surface area contributed by atoms with Crippen molar-refractivity contribution < 1.29 is 14.3 Å². The predicted octanol–water partition coefficient (Wildman–Crippen LogP) is 1.59. The SMILES string of the molecule is COc1ccc(-c2n[nH]nc2C(N)=O)cc1OCCCCl. The van der Waals surface area contributed by atoms with Crippen LogP contribution in [0.25, 0.3) is 11.3 Å². The fraction of sp³-hybridized carbons (Fsp3) is 0.308. The molecule has 0 spiro atoms. The summed E-state index contributed by atoms with van der Waals surface area (Å²) in [7, 11) is 1.55. The average molecular weight is 311 g/mol. The van der Waals surface area contributed by atoms with Crippen molar-refractivity contribution >= 4 is 17.5 Å². The van der Waals surface area contributed by atoms with Crippen LogP contribution < -0.4 is 15.2 Å². The molecule has 0 aliphatic rings. The number of amides is 1. The minimum atomic E-state index is -0.654. The van der Waals surface area contributed by atoms with Crippen LogP contribution in [0.2, 0.25) is 0 Å². The van der Waals surface area contributed by atoms with Crippen molar-refractivity contribution in [3.63, 3.8) is 0 Å². The van der Waals surface area contributed by atoms with Crippen LogP contribution >= 0.6 is 11.6 Å². The highest BCUT2D eigenvalue weighted by atomic mass is 35.5. The highest BCUT2D eigenvalue weighted by Gasteiger charge is 2.17. The summed E-state index contributed by atoms with van der Waals surface area (Å²) in [6.07, 6.45) is 0.714. The minimum absolute atomic E-state index is 0.0758. The Kier molecular flexibility index (Phi) is 4.99. The van der Waals surface area contributed by atoms with Crippen molar-refractivity contribution in [2.45, 2.75) is 6.42 Å². The number of carbonyl (C=O) groups is 1. The van der Waals surface area contributed by atoms with Crippen molar-refractivity contribution in [1.29, 1.82) is 0 Å². The molecule has 0 atom stereocenters. The van der Waals surface area contributed by atoms with Gasteiger partial charge in [-0.25, -0.2) is 0 Å². The lowest BCUT2D eigenvalue weighted by molar-refractivity contribution is 0.0996. The summed E-state index contributed by atoms with van der Waals surface area (Å²) in [5.74, 6) is 0.979. The molecule has 0 unspecified atom stereocenters. The molecule has 112 valence electrons. The number of carbonyl (C=O) groups excluding carboxylic acids is 1. The van der Waals surface area contributed by atoms with Gasteiger partial charge in [0, 0.05) is 11.4 Å². The fourth-order valence-corrected chi connectivity index (χ4v) is 1.89. The number of aromatic amines is 1. The number of primary amides is 1. The van der Waals surface area contributed by atoms with Crippen LogP contribution in [0.1, 0.15) is 16.9 Å². The molecule has 1 heterocycles. The van der Waals surface area contributed by atoms with Gasteiger partial charge < -0.3 is 15.2 Å². The van der Waals surface area contributed by atoms with Gasteiger partial charge in [0.25, 0.3) is 5.91 Å². The van der Waals surface area contributed by atoms with Gasteiger partial charge in [0.05, 0.1) is 13.7 Å². The van der Waals surface area contributed by atoms with Crippen LogP contribution in [0.4, 0.5) is 0 Å². The Labute approximate surface area is 126 Å². The highest BCUT2D eigenvalue weighted by Crippen LogP contribution is 2.32. The molecular formula is C13H15ClN4O3. The van der Waals surface area contributed by atoms with E-state index < -0.39 is 5.91 Å². The first-order valence-corrected chi connectivity index (χ1v) is 6.78. The molecule has 0 aliphatic carbocycles. The minimum Gasteiger partial charge on any atom is -0.493 e. The zero-order valence-electron chi connectivity index (χ0n) is 11.4. The third-order valence-corrected chi connectivity index (χ3v) is 3.02. The van der Waals surface area contributed by atoms with Crippen molar-refractivity contribution in [3.8, 4) is 22.8 Å². The van der Waals surface area contributed by atoms with Gasteiger partial charge in [-0.15, -0.1) is 11.6 Å². The Morgan fingerprint density at radius 3 is 2.86 bits per heavy atom. The number of hydrogen-bond donors (Lipinski definition) is 2. The van der Waals surface area contributed by atoms with E-state index in [9.17, 15) is 4.79 Å². The molecule has 8 heteroatoms. The lowest BCUT2D eigenvalue weighted by atomic mass is 10.1. The van der Waals surface area contributed by atoms with Gasteiger partial charge >= 0.3 is 0 Å². The van der Waals surface area contributed by atoms with Gasteiger partial charge in [-0.3, -0.25) is 4.79 Å². The van der Waals surface area contributed by atoms with E-state index in [2.05, 4.69) is 15.4 Å². The first-order chi connectivity index (χ1) is 10.2. The molecule has 0 saturated carbocycles. The summed E-state index contributed by atoms with van der Waals surface area (Å²) in [6.45, 7) is 0.463. The largest absolute Gasteiger partial charge is 0.493 e. The number of hydrogen-bond acceptors (Lipinski definition) is 5. The van der Waals surface area contributed by atoms with Crippen LogP contribution in [-0.2, 0) is 0 Å². The first kappa shape index (κ1) is 15.1. The highest BCUT2D eigenvalue weighted by molar-refractivity contribution is 6.17. The molecule has 0 aliphatic heterocycles. The topological polar surface area (TPSA) is 103 Å². The Balaban J connectivity index is 2.34. The van der Waals surface area contributed by atoms with Crippen LogP contribution in [0.5, 0.6) is 11.5 Å². The van der Waals surface area contributed by atoms with Crippen LogP contribution in [0.3, 0.4) is 0 Å². The second-order valence-corrected chi connectivity index (χ2v) is 4.52. The van der Waals surface area contributed by atoms with E-state index in [1.165, 1.54) is 0 Å². The molecule has 0 saturated heterocycles. The summed E-state index contributed by atoms with van der Waals surface area (Å²) in [5, 5.41) is 10.1. The Morgan fingerprint density at radius 2 is 2.19 bits per heavy atom. The van der Waals surface area contributed by atoms with Crippen LogP contribution in [-0.4, -0.2) is 40.9 Å². The Bertz CT molecular complexity index is 630. The normalized spacial score (nSPS) is 10.4.